The van der Waals surface area contributed by atoms with Crippen molar-refractivity contribution in [1.29, 1.82) is 0 Å². The van der Waals surface area contributed by atoms with Crippen molar-refractivity contribution in [2.24, 2.45) is 0 Å². The van der Waals surface area contributed by atoms with Gasteiger partial charge in [-0.15, -0.1) is 0 Å². The second kappa shape index (κ2) is 4.82. The molecule has 1 rings (SSSR count). The fourth-order valence-electron chi connectivity index (χ4n) is 1.10. The number of hydrogen-bond donors (Lipinski definition) is 2. The molecule has 2 N–H and O–H groups in total. The van der Waals surface area contributed by atoms with Crippen molar-refractivity contribution in [1.82, 2.24) is 20.4 Å². The Labute approximate surface area is 89.9 Å². The highest BCUT2D eigenvalue weighted by Gasteiger charge is 2.12. The van der Waals surface area contributed by atoms with E-state index in [0.29, 0.717) is 13.1 Å². The van der Waals surface area contributed by atoms with E-state index in [1.165, 1.54) is 0 Å². The monoisotopic (exact) mass is 210 g/mol. The van der Waals surface area contributed by atoms with E-state index in [1.807, 2.05) is 33.0 Å². The van der Waals surface area contributed by atoms with E-state index < -0.39 is 0 Å². The largest absolute Gasteiger partial charge is 0.336 e. The standard InChI is InChI=1S/C10H18N4O/c1-10(2,3)13-9(15)11-6-8-14-7-4-5-12-14/h4-5,7H,6,8H2,1-3H3,(H2,11,13,15). The average Bonchev–Trinajstić information content (AvgIpc) is 2.53. The summed E-state index contributed by atoms with van der Waals surface area (Å²) in [6.07, 6.45) is 3.58. The number of aromatic nitrogens is 2. The first kappa shape index (κ1) is 11.6. The van der Waals surface area contributed by atoms with Gasteiger partial charge in [0, 0.05) is 24.5 Å². The van der Waals surface area contributed by atoms with Gasteiger partial charge in [0.2, 0.25) is 0 Å². The summed E-state index contributed by atoms with van der Waals surface area (Å²) >= 11 is 0. The van der Waals surface area contributed by atoms with Crippen molar-refractivity contribution in [2.75, 3.05) is 6.54 Å². The maximum absolute atomic E-state index is 11.3. The summed E-state index contributed by atoms with van der Waals surface area (Å²) < 4.78 is 1.78. The lowest BCUT2D eigenvalue weighted by Gasteiger charge is -2.20. The van der Waals surface area contributed by atoms with Crippen molar-refractivity contribution >= 4 is 6.03 Å². The fourth-order valence-corrected chi connectivity index (χ4v) is 1.10. The average molecular weight is 210 g/mol. The smallest absolute Gasteiger partial charge is 0.315 e. The minimum absolute atomic E-state index is 0.144. The Morgan fingerprint density at radius 3 is 2.73 bits per heavy atom. The zero-order valence-corrected chi connectivity index (χ0v) is 9.45. The van der Waals surface area contributed by atoms with Gasteiger partial charge in [-0.05, 0) is 26.8 Å². The van der Waals surface area contributed by atoms with Crippen molar-refractivity contribution in [3.63, 3.8) is 0 Å². The molecular formula is C10H18N4O. The van der Waals surface area contributed by atoms with Gasteiger partial charge in [-0.2, -0.15) is 5.10 Å². The molecule has 0 atom stereocenters. The first-order chi connectivity index (χ1) is 6.97. The van der Waals surface area contributed by atoms with E-state index in [2.05, 4.69) is 15.7 Å². The lowest BCUT2D eigenvalue weighted by Crippen LogP contribution is -2.47. The van der Waals surface area contributed by atoms with Crippen LogP contribution in [-0.2, 0) is 6.54 Å². The van der Waals surface area contributed by atoms with Crippen LogP contribution in [-0.4, -0.2) is 27.9 Å². The fraction of sp³-hybridized carbons (Fsp3) is 0.600. The number of carbonyl (C=O) groups excluding carboxylic acids is 1. The Balaban J connectivity index is 2.18. The molecule has 5 heteroatoms. The number of urea groups is 1. The molecule has 5 nitrogen and oxygen atoms in total. The van der Waals surface area contributed by atoms with Crippen LogP contribution in [0.5, 0.6) is 0 Å². The molecule has 84 valence electrons. The highest BCUT2D eigenvalue weighted by atomic mass is 16.2. The molecule has 0 fully saturated rings. The lowest BCUT2D eigenvalue weighted by atomic mass is 10.1. The number of rotatable bonds is 3. The normalized spacial score (nSPS) is 11.1. The first-order valence-electron chi connectivity index (χ1n) is 5.01. The Morgan fingerprint density at radius 1 is 1.47 bits per heavy atom. The molecule has 1 heterocycles. The maximum atomic E-state index is 11.3. The summed E-state index contributed by atoms with van der Waals surface area (Å²) in [7, 11) is 0. The zero-order valence-electron chi connectivity index (χ0n) is 9.45. The Morgan fingerprint density at radius 2 is 2.20 bits per heavy atom. The van der Waals surface area contributed by atoms with Gasteiger partial charge in [-0.3, -0.25) is 4.68 Å². The molecule has 0 aliphatic carbocycles. The Kier molecular flexibility index (Phi) is 3.71. The number of carbonyl (C=O) groups is 1. The van der Waals surface area contributed by atoms with Crippen LogP contribution in [0.15, 0.2) is 18.5 Å². The number of hydrogen-bond acceptors (Lipinski definition) is 2. The summed E-state index contributed by atoms with van der Waals surface area (Å²) in [6.45, 7) is 7.09. The van der Waals surface area contributed by atoms with Crippen LogP contribution in [0, 0.1) is 0 Å². The van der Waals surface area contributed by atoms with Crippen LogP contribution in [0.4, 0.5) is 4.79 Å². The molecule has 0 aromatic carbocycles. The summed E-state index contributed by atoms with van der Waals surface area (Å²) in [5.41, 5.74) is -0.199. The van der Waals surface area contributed by atoms with Crippen molar-refractivity contribution in [2.45, 2.75) is 32.9 Å². The third-order valence-electron chi connectivity index (χ3n) is 1.67. The maximum Gasteiger partial charge on any atom is 0.315 e. The molecular weight excluding hydrogens is 192 g/mol. The third kappa shape index (κ3) is 5.05. The van der Waals surface area contributed by atoms with E-state index >= 15 is 0 Å². The topological polar surface area (TPSA) is 59.0 Å². The second-order valence-corrected chi connectivity index (χ2v) is 4.40. The van der Waals surface area contributed by atoms with Gasteiger partial charge in [0.25, 0.3) is 0 Å². The number of amides is 2. The lowest BCUT2D eigenvalue weighted by molar-refractivity contribution is 0.231. The molecule has 0 unspecified atom stereocenters. The minimum Gasteiger partial charge on any atom is -0.336 e. The van der Waals surface area contributed by atoms with E-state index in [0.717, 1.165) is 0 Å². The van der Waals surface area contributed by atoms with Crippen LogP contribution in [0.3, 0.4) is 0 Å². The van der Waals surface area contributed by atoms with Crippen molar-refractivity contribution in [3.8, 4) is 0 Å². The highest BCUT2D eigenvalue weighted by molar-refractivity contribution is 5.74. The molecule has 0 radical (unpaired) electrons. The van der Waals surface area contributed by atoms with E-state index in [9.17, 15) is 4.79 Å². The number of nitrogens with one attached hydrogen (secondary N) is 2. The van der Waals surface area contributed by atoms with Gasteiger partial charge in [0.05, 0.1) is 6.54 Å². The van der Waals surface area contributed by atoms with Crippen molar-refractivity contribution in [3.05, 3.63) is 18.5 Å². The molecule has 15 heavy (non-hydrogen) atoms. The summed E-state index contributed by atoms with van der Waals surface area (Å²) in [6, 6.07) is 1.71. The van der Waals surface area contributed by atoms with E-state index in [1.54, 1.807) is 10.9 Å². The molecule has 1 aromatic rings. The van der Waals surface area contributed by atoms with Gasteiger partial charge in [-0.25, -0.2) is 4.79 Å². The molecule has 0 aliphatic heterocycles. The summed E-state index contributed by atoms with van der Waals surface area (Å²) in [5, 5.41) is 9.62. The van der Waals surface area contributed by atoms with Crippen LogP contribution >= 0.6 is 0 Å². The quantitative estimate of drug-likeness (QED) is 0.781. The van der Waals surface area contributed by atoms with E-state index in [-0.39, 0.29) is 11.6 Å². The predicted molar refractivity (Wildman–Crippen MR) is 58.5 cm³/mol. The van der Waals surface area contributed by atoms with Gasteiger partial charge < -0.3 is 10.6 Å². The molecule has 0 bridgehead atoms. The Hall–Kier alpha value is -1.52. The molecule has 1 aromatic heterocycles. The van der Waals surface area contributed by atoms with Crippen LogP contribution in [0.1, 0.15) is 20.8 Å². The molecule has 0 saturated carbocycles. The molecule has 0 aliphatic rings. The first-order valence-corrected chi connectivity index (χ1v) is 5.01. The SMILES string of the molecule is CC(C)(C)NC(=O)NCCn1cccn1. The van der Waals surface area contributed by atoms with Gasteiger partial charge in [0.1, 0.15) is 0 Å². The zero-order chi connectivity index (χ0) is 11.3. The van der Waals surface area contributed by atoms with Crippen molar-refractivity contribution < 1.29 is 4.79 Å². The minimum atomic E-state index is -0.199. The molecule has 0 saturated heterocycles. The molecule has 0 spiro atoms. The van der Waals surface area contributed by atoms with E-state index in [4.69, 9.17) is 0 Å². The third-order valence-corrected chi connectivity index (χ3v) is 1.67. The Bertz CT molecular complexity index is 300. The van der Waals surface area contributed by atoms with Gasteiger partial charge in [0.15, 0.2) is 0 Å². The van der Waals surface area contributed by atoms with Crippen LogP contribution in [0.25, 0.3) is 0 Å². The number of nitrogens with zero attached hydrogens (tertiary/aromatic N) is 2. The second-order valence-electron chi connectivity index (χ2n) is 4.40. The van der Waals surface area contributed by atoms with Gasteiger partial charge >= 0.3 is 6.03 Å². The highest BCUT2D eigenvalue weighted by Crippen LogP contribution is 1.97. The van der Waals surface area contributed by atoms with Crippen LogP contribution in [0.2, 0.25) is 0 Å². The molecule has 2 amide bonds. The predicted octanol–water partition coefficient (Wildman–Crippen LogP) is 0.981. The summed E-state index contributed by atoms with van der Waals surface area (Å²) in [5.74, 6) is 0. The summed E-state index contributed by atoms with van der Waals surface area (Å²) in [4.78, 5) is 11.3. The van der Waals surface area contributed by atoms with Crippen LogP contribution < -0.4 is 10.6 Å². The van der Waals surface area contributed by atoms with Gasteiger partial charge in [-0.1, -0.05) is 0 Å².